The van der Waals surface area contributed by atoms with Crippen molar-refractivity contribution >= 4 is 118 Å². The predicted octanol–water partition coefficient (Wildman–Crippen LogP) is 14.7. The van der Waals surface area contributed by atoms with E-state index in [2.05, 4.69) is 127 Å². The molecule has 0 saturated carbocycles. The van der Waals surface area contributed by atoms with Crippen molar-refractivity contribution < 1.29 is 8.83 Å². The average molecular weight is 673 g/mol. The summed E-state index contributed by atoms with van der Waals surface area (Å²) >= 11 is 3.71. The number of rotatable bonds is 2. The van der Waals surface area contributed by atoms with Gasteiger partial charge in [0.25, 0.3) is 0 Å². The maximum Gasteiger partial charge on any atom is 0.139 e. The van der Waals surface area contributed by atoms with Gasteiger partial charge in [0, 0.05) is 52.5 Å². The number of thiophene rings is 2. The lowest BCUT2D eigenvalue weighted by molar-refractivity contribution is 0.656. The van der Waals surface area contributed by atoms with Crippen LogP contribution in [0.2, 0.25) is 0 Å². The highest BCUT2D eigenvalue weighted by atomic mass is 32.1. The third-order valence-electron chi connectivity index (χ3n) is 10.5. The van der Waals surface area contributed by atoms with Crippen molar-refractivity contribution in [1.29, 1.82) is 0 Å². The Morgan fingerprint density at radius 3 is 1.82 bits per heavy atom. The molecule has 12 aromatic rings. The van der Waals surface area contributed by atoms with Crippen molar-refractivity contribution in [2.75, 3.05) is 0 Å². The van der Waals surface area contributed by atoms with Crippen LogP contribution < -0.4 is 0 Å². The van der Waals surface area contributed by atoms with E-state index in [9.17, 15) is 0 Å². The fourth-order valence-corrected chi connectivity index (χ4v) is 10.4. The molecule has 0 atom stereocenters. The molecular weight excluding hydrogens is 649 g/mol. The summed E-state index contributed by atoms with van der Waals surface area (Å²) < 4.78 is 16.8. The Morgan fingerprint density at radius 1 is 0.380 bits per heavy atom. The molecule has 4 heterocycles. The van der Waals surface area contributed by atoms with Gasteiger partial charge in [-0.25, -0.2) is 0 Å². The molecule has 0 aliphatic rings. The van der Waals surface area contributed by atoms with E-state index in [1.165, 1.54) is 68.5 Å². The van der Waals surface area contributed by atoms with Gasteiger partial charge in [-0.05, 0) is 103 Å². The maximum absolute atomic E-state index is 6.58. The molecule has 0 aliphatic heterocycles. The first-order chi connectivity index (χ1) is 24.8. The maximum atomic E-state index is 6.58. The van der Waals surface area contributed by atoms with Crippen LogP contribution in [0.4, 0.5) is 0 Å². The number of benzene rings is 8. The molecule has 232 valence electrons. The first-order valence-corrected chi connectivity index (χ1v) is 18.5. The molecule has 0 fully saturated rings. The lowest BCUT2D eigenvalue weighted by Crippen LogP contribution is -1.91. The van der Waals surface area contributed by atoms with Gasteiger partial charge in [-0.1, -0.05) is 84.9 Å². The van der Waals surface area contributed by atoms with Gasteiger partial charge in [-0.15, -0.1) is 22.7 Å². The second kappa shape index (κ2) is 9.82. The van der Waals surface area contributed by atoms with E-state index in [4.69, 9.17) is 8.83 Å². The molecular formula is C46H24O2S2. The molecule has 4 aromatic heterocycles. The molecule has 0 aliphatic carbocycles. The van der Waals surface area contributed by atoms with Crippen molar-refractivity contribution in [3.63, 3.8) is 0 Å². The molecule has 4 heteroatoms. The van der Waals surface area contributed by atoms with Gasteiger partial charge >= 0.3 is 0 Å². The van der Waals surface area contributed by atoms with Gasteiger partial charge in [0.1, 0.15) is 22.3 Å². The minimum atomic E-state index is 0.838. The lowest BCUT2D eigenvalue weighted by Gasteiger charge is -2.18. The average Bonchev–Trinajstić information content (AvgIpc) is 3.93. The number of fused-ring (bicyclic) bond motifs is 12. The normalized spacial score (nSPS) is 12.4. The highest BCUT2D eigenvalue weighted by molar-refractivity contribution is 7.26. The molecule has 0 saturated heterocycles. The molecule has 8 aromatic carbocycles. The fourth-order valence-electron chi connectivity index (χ4n) is 8.37. The Kier molecular flexibility index (Phi) is 5.29. The Labute approximate surface area is 293 Å². The molecule has 0 unspecified atom stereocenters. The van der Waals surface area contributed by atoms with E-state index in [-0.39, 0.29) is 0 Å². The van der Waals surface area contributed by atoms with Crippen LogP contribution in [0.1, 0.15) is 0 Å². The number of hydrogen-bond donors (Lipinski definition) is 0. The van der Waals surface area contributed by atoms with E-state index in [1.54, 1.807) is 0 Å². The first-order valence-electron chi connectivity index (χ1n) is 16.8. The zero-order valence-corrected chi connectivity index (χ0v) is 28.1. The second-order valence-electron chi connectivity index (χ2n) is 13.2. The Morgan fingerprint density at radius 2 is 1.04 bits per heavy atom. The first kappa shape index (κ1) is 26.9. The summed E-state index contributed by atoms with van der Waals surface area (Å²) in [6.45, 7) is 0. The van der Waals surface area contributed by atoms with Gasteiger partial charge < -0.3 is 8.83 Å². The van der Waals surface area contributed by atoms with Crippen molar-refractivity contribution in [3.05, 3.63) is 145 Å². The quantitative estimate of drug-likeness (QED) is 0.171. The fraction of sp³-hybridized carbons (Fsp3) is 0. The third kappa shape index (κ3) is 3.61. The van der Waals surface area contributed by atoms with E-state index in [0.717, 1.165) is 49.4 Å². The minimum Gasteiger partial charge on any atom is -0.456 e. The topological polar surface area (TPSA) is 26.3 Å². The van der Waals surface area contributed by atoms with Gasteiger partial charge in [0.2, 0.25) is 0 Å². The van der Waals surface area contributed by atoms with E-state index < -0.39 is 0 Å². The van der Waals surface area contributed by atoms with Gasteiger partial charge in [-0.3, -0.25) is 0 Å². The molecule has 0 bridgehead atoms. The summed E-state index contributed by atoms with van der Waals surface area (Å²) in [5.41, 5.74) is 8.39. The van der Waals surface area contributed by atoms with E-state index in [0.29, 0.717) is 0 Å². The summed E-state index contributed by atoms with van der Waals surface area (Å²) in [6, 6.07) is 50.9. The molecule has 0 amide bonds. The summed E-state index contributed by atoms with van der Waals surface area (Å²) in [5.74, 6) is 0. The summed E-state index contributed by atoms with van der Waals surface area (Å²) in [4.78, 5) is 0. The largest absolute Gasteiger partial charge is 0.456 e. The van der Waals surface area contributed by atoms with E-state index >= 15 is 0 Å². The van der Waals surface area contributed by atoms with Gasteiger partial charge in [0.05, 0.1) is 0 Å². The number of furan rings is 2. The highest BCUT2D eigenvalue weighted by Gasteiger charge is 2.21. The Bertz CT molecular complexity index is 3330. The van der Waals surface area contributed by atoms with Crippen LogP contribution in [-0.4, -0.2) is 0 Å². The molecule has 0 N–H and O–H groups in total. The van der Waals surface area contributed by atoms with Crippen LogP contribution in [0.3, 0.4) is 0 Å². The Hall–Kier alpha value is -5.94. The van der Waals surface area contributed by atoms with Crippen molar-refractivity contribution in [1.82, 2.24) is 0 Å². The van der Waals surface area contributed by atoms with Crippen LogP contribution in [0.25, 0.3) is 118 Å². The van der Waals surface area contributed by atoms with Crippen LogP contribution >= 0.6 is 22.7 Å². The zero-order chi connectivity index (χ0) is 32.5. The SMILES string of the molecule is c1ccc2c(c1)oc1cc3oc4cc(-c5c6ccccc6c(-c6cccc7sc8cc9sccc9cc8c67)c6ccccc56)ccc4c3cc12. The smallest absolute Gasteiger partial charge is 0.139 e. The van der Waals surface area contributed by atoms with Crippen LogP contribution in [0.5, 0.6) is 0 Å². The molecule has 12 rings (SSSR count). The summed E-state index contributed by atoms with van der Waals surface area (Å²) in [7, 11) is 0. The van der Waals surface area contributed by atoms with Crippen LogP contribution in [-0.2, 0) is 0 Å². The number of para-hydroxylation sites is 1. The molecule has 2 nitrogen and oxygen atoms in total. The number of hydrogen-bond acceptors (Lipinski definition) is 4. The Balaban J connectivity index is 1.13. The molecule has 50 heavy (non-hydrogen) atoms. The lowest BCUT2D eigenvalue weighted by atomic mass is 9.85. The van der Waals surface area contributed by atoms with Crippen molar-refractivity contribution in [2.24, 2.45) is 0 Å². The van der Waals surface area contributed by atoms with Crippen LogP contribution in [0, 0.1) is 0 Å². The third-order valence-corrected chi connectivity index (χ3v) is 12.5. The monoisotopic (exact) mass is 672 g/mol. The highest BCUT2D eigenvalue weighted by Crippen LogP contribution is 2.49. The van der Waals surface area contributed by atoms with E-state index in [1.807, 2.05) is 40.9 Å². The summed E-state index contributed by atoms with van der Waals surface area (Å²) in [5, 5.41) is 15.6. The van der Waals surface area contributed by atoms with Crippen molar-refractivity contribution in [3.8, 4) is 22.3 Å². The van der Waals surface area contributed by atoms with Gasteiger partial charge in [0.15, 0.2) is 0 Å². The minimum absolute atomic E-state index is 0.838. The summed E-state index contributed by atoms with van der Waals surface area (Å²) in [6.07, 6.45) is 0. The van der Waals surface area contributed by atoms with Gasteiger partial charge in [-0.2, -0.15) is 0 Å². The standard InChI is InChI=1S/C46H24O2S2/c1-3-11-31-29(9-1)44(26-16-17-28-35-22-34-27-8-5-6-14-37(27)47-39(34)23-40(35)48-38(28)21-26)30-10-2-4-12-32(30)45(31)33-13-7-15-41-46(33)36-20-25-18-19-49-42(25)24-43(36)50-41/h1-24H. The van der Waals surface area contributed by atoms with Crippen molar-refractivity contribution in [2.45, 2.75) is 0 Å². The second-order valence-corrected chi connectivity index (χ2v) is 15.2. The van der Waals surface area contributed by atoms with Crippen LogP contribution in [0.15, 0.2) is 154 Å². The molecule has 0 radical (unpaired) electrons. The predicted molar refractivity (Wildman–Crippen MR) is 215 cm³/mol. The molecule has 0 spiro atoms. The zero-order valence-electron chi connectivity index (χ0n) is 26.5.